The van der Waals surface area contributed by atoms with Gasteiger partial charge in [0.1, 0.15) is 5.60 Å². The third-order valence-electron chi connectivity index (χ3n) is 4.17. The molecule has 0 aliphatic rings. The van der Waals surface area contributed by atoms with Gasteiger partial charge in [-0.1, -0.05) is 51.1 Å². The van der Waals surface area contributed by atoms with E-state index >= 15 is 0 Å². The van der Waals surface area contributed by atoms with Gasteiger partial charge in [-0.05, 0) is 38.7 Å². The van der Waals surface area contributed by atoms with Crippen molar-refractivity contribution in [1.29, 1.82) is 0 Å². The van der Waals surface area contributed by atoms with Gasteiger partial charge in [-0.2, -0.15) is 0 Å². The molecule has 0 amide bonds. The van der Waals surface area contributed by atoms with Crippen LogP contribution in [0.15, 0.2) is 30.3 Å². The van der Waals surface area contributed by atoms with Gasteiger partial charge in [0.2, 0.25) is 0 Å². The maximum absolute atomic E-state index is 12.4. The SMILES string of the molecule is CCC(C)(C)C(=O)OC(CC)(CC)c1ccccc1. The summed E-state index contributed by atoms with van der Waals surface area (Å²) in [4.78, 5) is 12.4. The first-order valence-corrected chi connectivity index (χ1v) is 7.21. The normalized spacial score (nSPS) is 12.3. The maximum Gasteiger partial charge on any atom is 0.312 e. The van der Waals surface area contributed by atoms with Crippen LogP contribution in [0.1, 0.15) is 59.4 Å². The molecule has 0 aliphatic carbocycles. The molecule has 0 N–H and O–H groups in total. The molecule has 0 fully saturated rings. The Kier molecular flexibility index (Phi) is 5.16. The molecule has 0 spiro atoms. The summed E-state index contributed by atoms with van der Waals surface area (Å²) in [7, 11) is 0. The lowest BCUT2D eigenvalue weighted by atomic mass is 9.86. The second-order valence-electron chi connectivity index (χ2n) is 5.69. The Bertz CT molecular complexity index is 403. The predicted octanol–water partition coefficient (Wildman–Crippen LogP) is 4.68. The fourth-order valence-corrected chi connectivity index (χ4v) is 2.06. The van der Waals surface area contributed by atoms with E-state index in [1.807, 2.05) is 51.1 Å². The van der Waals surface area contributed by atoms with Crippen LogP contribution in [0.25, 0.3) is 0 Å². The van der Waals surface area contributed by atoms with Crippen molar-refractivity contribution in [1.82, 2.24) is 0 Å². The number of hydrogen-bond acceptors (Lipinski definition) is 2. The minimum atomic E-state index is -0.495. The van der Waals surface area contributed by atoms with E-state index < -0.39 is 11.0 Å². The lowest BCUT2D eigenvalue weighted by Crippen LogP contribution is -2.37. The second kappa shape index (κ2) is 6.23. The van der Waals surface area contributed by atoms with Crippen molar-refractivity contribution in [2.75, 3.05) is 0 Å². The Morgan fingerprint density at radius 1 is 1.00 bits per heavy atom. The highest BCUT2D eigenvalue weighted by Crippen LogP contribution is 2.36. The molecule has 0 aromatic heterocycles. The topological polar surface area (TPSA) is 26.3 Å². The van der Waals surface area contributed by atoms with E-state index in [9.17, 15) is 4.79 Å². The van der Waals surface area contributed by atoms with Crippen molar-refractivity contribution < 1.29 is 9.53 Å². The lowest BCUT2D eigenvalue weighted by Gasteiger charge is -2.35. The molecule has 1 rings (SSSR count). The molecule has 2 nitrogen and oxygen atoms in total. The minimum Gasteiger partial charge on any atom is -0.454 e. The van der Waals surface area contributed by atoms with Gasteiger partial charge in [0.15, 0.2) is 0 Å². The number of carbonyl (C=O) groups excluding carboxylic acids is 1. The highest BCUT2D eigenvalue weighted by atomic mass is 16.6. The summed E-state index contributed by atoms with van der Waals surface area (Å²) in [6, 6.07) is 10.1. The third-order valence-corrected chi connectivity index (χ3v) is 4.17. The number of ether oxygens (including phenoxy) is 1. The first kappa shape index (κ1) is 15.7. The van der Waals surface area contributed by atoms with Gasteiger partial charge in [0, 0.05) is 0 Å². The van der Waals surface area contributed by atoms with Gasteiger partial charge in [-0.15, -0.1) is 0 Å². The van der Waals surface area contributed by atoms with Crippen molar-refractivity contribution in [3.63, 3.8) is 0 Å². The maximum atomic E-state index is 12.4. The van der Waals surface area contributed by atoms with E-state index in [0.29, 0.717) is 0 Å². The molecule has 0 aliphatic heterocycles. The van der Waals surface area contributed by atoms with Crippen LogP contribution in [0.4, 0.5) is 0 Å². The number of hydrogen-bond donors (Lipinski definition) is 0. The van der Waals surface area contributed by atoms with E-state index in [4.69, 9.17) is 4.74 Å². The van der Waals surface area contributed by atoms with Crippen LogP contribution in [0.3, 0.4) is 0 Å². The van der Waals surface area contributed by atoms with Gasteiger partial charge in [-0.3, -0.25) is 4.79 Å². The van der Waals surface area contributed by atoms with Gasteiger partial charge in [-0.25, -0.2) is 0 Å². The number of esters is 1. The molecule has 106 valence electrons. The summed E-state index contributed by atoms with van der Waals surface area (Å²) in [5.74, 6) is -0.109. The van der Waals surface area contributed by atoms with Crippen LogP contribution in [-0.4, -0.2) is 5.97 Å². The van der Waals surface area contributed by atoms with Crippen molar-refractivity contribution in [2.45, 2.75) is 59.5 Å². The van der Waals surface area contributed by atoms with Crippen LogP contribution in [0.2, 0.25) is 0 Å². The molecule has 1 aromatic carbocycles. The van der Waals surface area contributed by atoms with E-state index in [1.165, 1.54) is 0 Å². The van der Waals surface area contributed by atoms with Gasteiger partial charge in [0.05, 0.1) is 5.41 Å². The van der Waals surface area contributed by atoms with Crippen LogP contribution in [0.5, 0.6) is 0 Å². The minimum absolute atomic E-state index is 0.109. The van der Waals surface area contributed by atoms with Crippen LogP contribution in [-0.2, 0) is 15.1 Å². The average molecular weight is 262 g/mol. The first-order chi connectivity index (χ1) is 8.91. The van der Waals surface area contributed by atoms with E-state index in [-0.39, 0.29) is 5.97 Å². The average Bonchev–Trinajstić information content (AvgIpc) is 2.45. The fraction of sp³-hybridized carbons (Fsp3) is 0.588. The standard InChI is InChI=1S/C17H26O2/c1-6-16(4,5)15(18)19-17(7-2,8-3)14-12-10-9-11-13-14/h9-13H,6-8H2,1-5H3. The Hall–Kier alpha value is -1.31. The van der Waals surface area contributed by atoms with E-state index in [2.05, 4.69) is 13.8 Å². The number of benzene rings is 1. The summed E-state index contributed by atoms with van der Waals surface area (Å²) in [6.07, 6.45) is 2.36. The van der Waals surface area contributed by atoms with Crippen molar-refractivity contribution in [2.24, 2.45) is 5.41 Å². The Morgan fingerprint density at radius 2 is 1.53 bits per heavy atom. The summed E-state index contributed by atoms with van der Waals surface area (Å²) in [6.45, 7) is 10.0. The van der Waals surface area contributed by atoms with Crippen LogP contribution >= 0.6 is 0 Å². The largest absolute Gasteiger partial charge is 0.454 e. The van der Waals surface area contributed by atoms with Crippen molar-refractivity contribution in [3.8, 4) is 0 Å². The summed E-state index contributed by atoms with van der Waals surface area (Å²) in [5.41, 5.74) is 0.162. The molecular weight excluding hydrogens is 236 g/mol. The zero-order chi connectivity index (χ0) is 14.5. The molecule has 0 radical (unpaired) electrons. The van der Waals surface area contributed by atoms with E-state index in [1.54, 1.807) is 0 Å². The van der Waals surface area contributed by atoms with Gasteiger partial charge >= 0.3 is 5.97 Å². The molecule has 0 atom stereocenters. The molecule has 2 heteroatoms. The zero-order valence-electron chi connectivity index (χ0n) is 12.8. The summed E-state index contributed by atoms with van der Waals surface area (Å²) in [5, 5.41) is 0. The first-order valence-electron chi connectivity index (χ1n) is 7.21. The van der Waals surface area contributed by atoms with Crippen LogP contribution in [0, 0.1) is 5.41 Å². The molecule has 0 saturated heterocycles. The summed E-state index contributed by atoms with van der Waals surface area (Å²) >= 11 is 0. The lowest BCUT2D eigenvalue weighted by molar-refractivity contribution is -0.173. The molecule has 19 heavy (non-hydrogen) atoms. The Balaban J connectivity index is 3.05. The molecule has 0 saturated carbocycles. The van der Waals surface area contributed by atoms with Gasteiger partial charge < -0.3 is 4.74 Å². The highest BCUT2D eigenvalue weighted by Gasteiger charge is 2.37. The molecular formula is C17H26O2. The van der Waals surface area contributed by atoms with Crippen molar-refractivity contribution in [3.05, 3.63) is 35.9 Å². The van der Waals surface area contributed by atoms with Crippen molar-refractivity contribution >= 4 is 5.97 Å². The third kappa shape index (κ3) is 3.37. The molecule has 0 unspecified atom stereocenters. The van der Waals surface area contributed by atoms with Crippen LogP contribution < -0.4 is 0 Å². The molecule has 0 bridgehead atoms. The Labute approximate surface area is 117 Å². The zero-order valence-corrected chi connectivity index (χ0v) is 12.8. The summed E-state index contributed by atoms with van der Waals surface area (Å²) < 4.78 is 5.94. The highest BCUT2D eigenvalue weighted by molar-refractivity contribution is 5.76. The van der Waals surface area contributed by atoms with Gasteiger partial charge in [0.25, 0.3) is 0 Å². The molecule has 0 heterocycles. The Morgan fingerprint density at radius 3 is 1.95 bits per heavy atom. The van der Waals surface area contributed by atoms with E-state index in [0.717, 1.165) is 24.8 Å². The predicted molar refractivity (Wildman–Crippen MR) is 78.9 cm³/mol. The fourth-order valence-electron chi connectivity index (χ4n) is 2.06. The second-order valence-corrected chi connectivity index (χ2v) is 5.69. The number of rotatable bonds is 6. The number of carbonyl (C=O) groups is 1. The monoisotopic (exact) mass is 262 g/mol. The molecule has 1 aromatic rings. The quantitative estimate of drug-likeness (QED) is 0.696. The smallest absolute Gasteiger partial charge is 0.312 e.